The summed E-state index contributed by atoms with van der Waals surface area (Å²) >= 11 is 0. The van der Waals surface area contributed by atoms with Crippen LogP contribution in [-0.2, 0) is 14.8 Å². The maximum absolute atomic E-state index is 12.2. The Morgan fingerprint density at radius 2 is 1.94 bits per heavy atom. The van der Waals surface area contributed by atoms with Crippen LogP contribution >= 0.6 is 0 Å². The van der Waals surface area contributed by atoms with E-state index in [1.165, 1.54) is 4.31 Å². The van der Waals surface area contributed by atoms with E-state index in [0.717, 1.165) is 32.1 Å². The first-order valence-corrected chi connectivity index (χ1v) is 8.29. The van der Waals surface area contributed by atoms with E-state index in [0.29, 0.717) is 6.42 Å². The fraction of sp³-hybridized carbons (Fsp3) is 0.917. The van der Waals surface area contributed by atoms with Gasteiger partial charge in [0, 0.05) is 12.6 Å². The number of carboxylic acid groups (broad SMARTS) is 1. The summed E-state index contributed by atoms with van der Waals surface area (Å²) in [7, 11) is -3.29. The van der Waals surface area contributed by atoms with Gasteiger partial charge in [0.2, 0.25) is 10.0 Å². The van der Waals surface area contributed by atoms with E-state index in [2.05, 4.69) is 0 Å². The Labute approximate surface area is 109 Å². The normalized spacial score (nSPS) is 17.4. The van der Waals surface area contributed by atoms with Gasteiger partial charge in [0.15, 0.2) is 0 Å². The molecule has 0 saturated heterocycles. The van der Waals surface area contributed by atoms with E-state index in [1.54, 1.807) is 0 Å². The Morgan fingerprint density at radius 3 is 2.44 bits per heavy atom. The van der Waals surface area contributed by atoms with Crippen molar-refractivity contribution in [2.45, 2.75) is 57.9 Å². The average molecular weight is 277 g/mol. The molecule has 6 heteroatoms. The molecular formula is C12H23NO4S. The summed E-state index contributed by atoms with van der Waals surface area (Å²) in [6.07, 6.45) is 5.17. The number of carboxylic acids is 1. The summed E-state index contributed by atoms with van der Waals surface area (Å²) < 4.78 is 25.9. The average Bonchev–Trinajstić information content (AvgIpc) is 2.79. The van der Waals surface area contributed by atoms with E-state index in [1.807, 2.05) is 6.92 Å². The highest BCUT2D eigenvalue weighted by Gasteiger charge is 2.31. The zero-order valence-electron chi connectivity index (χ0n) is 11.0. The van der Waals surface area contributed by atoms with Crippen molar-refractivity contribution in [2.75, 3.05) is 12.3 Å². The summed E-state index contributed by atoms with van der Waals surface area (Å²) in [5.41, 5.74) is 0. The third kappa shape index (κ3) is 4.57. The summed E-state index contributed by atoms with van der Waals surface area (Å²) in [6.45, 7) is 2.07. The number of unbranched alkanes of at least 4 members (excludes halogenated alkanes) is 1. The molecule has 1 N–H and O–H groups in total. The Kier molecular flexibility index (Phi) is 6.08. The molecule has 1 aliphatic carbocycles. The molecule has 0 radical (unpaired) electrons. The van der Waals surface area contributed by atoms with Crippen LogP contribution in [0.15, 0.2) is 0 Å². The number of hydrogen-bond acceptors (Lipinski definition) is 3. The van der Waals surface area contributed by atoms with Gasteiger partial charge >= 0.3 is 5.97 Å². The molecule has 106 valence electrons. The third-order valence-corrected chi connectivity index (χ3v) is 5.39. The molecule has 5 nitrogen and oxygen atoms in total. The van der Waals surface area contributed by atoms with Crippen LogP contribution in [0.3, 0.4) is 0 Å². The minimum atomic E-state index is -3.29. The zero-order chi connectivity index (χ0) is 13.6. The highest BCUT2D eigenvalue weighted by atomic mass is 32.2. The molecular weight excluding hydrogens is 254 g/mol. The lowest BCUT2D eigenvalue weighted by Gasteiger charge is -2.27. The third-order valence-electron chi connectivity index (χ3n) is 3.39. The Bertz CT molecular complexity index is 360. The Hall–Kier alpha value is -0.620. The van der Waals surface area contributed by atoms with Crippen molar-refractivity contribution in [2.24, 2.45) is 0 Å². The van der Waals surface area contributed by atoms with Crippen molar-refractivity contribution in [3.05, 3.63) is 0 Å². The van der Waals surface area contributed by atoms with Gasteiger partial charge in [-0.2, -0.15) is 4.31 Å². The van der Waals surface area contributed by atoms with Gasteiger partial charge < -0.3 is 5.11 Å². The van der Waals surface area contributed by atoms with Crippen LogP contribution in [0.25, 0.3) is 0 Å². The van der Waals surface area contributed by atoms with E-state index in [9.17, 15) is 13.2 Å². The molecule has 18 heavy (non-hydrogen) atoms. The molecule has 1 rings (SSSR count). The Morgan fingerprint density at radius 1 is 1.33 bits per heavy atom. The Balaban J connectivity index is 2.71. The standard InChI is InChI=1S/C12H23NO4S/c1-2-3-10-18(16,17)13(9-8-12(14)15)11-6-4-5-7-11/h11H,2-10H2,1H3,(H,14,15). The smallest absolute Gasteiger partial charge is 0.304 e. The van der Waals surface area contributed by atoms with E-state index < -0.39 is 16.0 Å². The van der Waals surface area contributed by atoms with Gasteiger partial charge in [-0.15, -0.1) is 0 Å². The minimum absolute atomic E-state index is 0.0196. The van der Waals surface area contributed by atoms with Crippen molar-refractivity contribution >= 4 is 16.0 Å². The largest absolute Gasteiger partial charge is 0.481 e. The first-order valence-electron chi connectivity index (χ1n) is 6.68. The lowest BCUT2D eigenvalue weighted by atomic mass is 10.2. The fourth-order valence-corrected chi connectivity index (χ4v) is 4.31. The fourth-order valence-electron chi connectivity index (χ4n) is 2.39. The summed E-state index contributed by atoms with van der Waals surface area (Å²) in [5.74, 6) is -0.803. The van der Waals surface area contributed by atoms with Crippen molar-refractivity contribution in [3.8, 4) is 0 Å². The van der Waals surface area contributed by atoms with Crippen LogP contribution < -0.4 is 0 Å². The number of aliphatic carboxylic acids is 1. The first kappa shape index (κ1) is 15.4. The van der Waals surface area contributed by atoms with Crippen LogP contribution in [-0.4, -0.2) is 42.1 Å². The second kappa shape index (κ2) is 7.09. The molecule has 0 atom stereocenters. The number of sulfonamides is 1. The van der Waals surface area contributed by atoms with Gasteiger partial charge in [0.05, 0.1) is 12.2 Å². The molecule has 0 spiro atoms. The van der Waals surface area contributed by atoms with E-state index in [4.69, 9.17) is 5.11 Å². The van der Waals surface area contributed by atoms with E-state index in [-0.39, 0.29) is 24.8 Å². The lowest BCUT2D eigenvalue weighted by Crippen LogP contribution is -2.41. The van der Waals surface area contributed by atoms with Crippen LogP contribution in [0.5, 0.6) is 0 Å². The highest BCUT2D eigenvalue weighted by molar-refractivity contribution is 7.89. The summed E-state index contributed by atoms with van der Waals surface area (Å²) in [5, 5.41) is 8.73. The SMILES string of the molecule is CCCCS(=O)(=O)N(CCC(=O)O)C1CCCC1. The van der Waals surface area contributed by atoms with Gasteiger partial charge in [-0.25, -0.2) is 8.42 Å². The van der Waals surface area contributed by atoms with Gasteiger partial charge in [-0.3, -0.25) is 4.79 Å². The summed E-state index contributed by atoms with van der Waals surface area (Å²) in [6, 6.07) is 0.0196. The van der Waals surface area contributed by atoms with Crippen LogP contribution in [0, 0.1) is 0 Å². The number of nitrogens with zero attached hydrogens (tertiary/aromatic N) is 1. The minimum Gasteiger partial charge on any atom is -0.481 e. The molecule has 1 aliphatic rings. The van der Waals surface area contributed by atoms with E-state index >= 15 is 0 Å². The monoisotopic (exact) mass is 277 g/mol. The first-order chi connectivity index (χ1) is 8.47. The predicted molar refractivity (Wildman–Crippen MR) is 69.9 cm³/mol. The molecule has 0 amide bonds. The molecule has 0 aromatic heterocycles. The lowest BCUT2D eigenvalue weighted by molar-refractivity contribution is -0.137. The molecule has 1 fully saturated rings. The molecule has 0 unspecified atom stereocenters. The van der Waals surface area contributed by atoms with Crippen LogP contribution in [0.1, 0.15) is 51.9 Å². The number of rotatable bonds is 8. The molecule has 0 aromatic carbocycles. The molecule has 0 bridgehead atoms. The molecule has 0 heterocycles. The number of hydrogen-bond donors (Lipinski definition) is 1. The zero-order valence-corrected chi connectivity index (χ0v) is 11.8. The van der Waals surface area contributed by atoms with Crippen LogP contribution in [0.4, 0.5) is 0 Å². The second-order valence-electron chi connectivity index (χ2n) is 4.86. The van der Waals surface area contributed by atoms with Crippen molar-refractivity contribution < 1.29 is 18.3 Å². The van der Waals surface area contributed by atoms with Gasteiger partial charge in [-0.1, -0.05) is 26.2 Å². The molecule has 0 aliphatic heterocycles. The second-order valence-corrected chi connectivity index (χ2v) is 6.90. The van der Waals surface area contributed by atoms with Crippen molar-refractivity contribution in [3.63, 3.8) is 0 Å². The maximum atomic E-state index is 12.2. The van der Waals surface area contributed by atoms with Gasteiger partial charge in [-0.05, 0) is 19.3 Å². The van der Waals surface area contributed by atoms with Crippen molar-refractivity contribution in [1.82, 2.24) is 4.31 Å². The summed E-state index contributed by atoms with van der Waals surface area (Å²) in [4.78, 5) is 10.6. The predicted octanol–water partition coefficient (Wildman–Crippen LogP) is 1.84. The van der Waals surface area contributed by atoms with Gasteiger partial charge in [0.1, 0.15) is 0 Å². The quantitative estimate of drug-likeness (QED) is 0.734. The topological polar surface area (TPSA) is 74.7 Å². The molecule has 1 saturated carbocycles. The highest BCUT2D eigenvalue weighted by Crippen LogP contribution is 2.26. The maximum Gasteiger partial charge on any atom is 0.304 e. The molecule has 0 aromatic rings. The van der Waals surface area contributed by atoms with Crippen molar-refractivity contribution in [1.29, 1.82) is 0 Å². The van der Waals surface area contributed by atoms with Crippen LogP contribution in [0.2, 0.25) is 0 Å². The number of carbonyl (C=O) groups is 1. The van der Waals surface area contributed by atoms with Gasteiger partial charge in [0.25, 0.3) is 0 Å².